The lowest BCUT2D eigenvalue weighted by molar-refractivity contribution is 0.201. The molecule has 1 atom stereocenters. The van der Waals surface area contributed by atoms with Gasteiger partial charge in [-0.2, -0.15) is 0 Å². The lowest BCUT2D eigenvalue weighted by Gasteiger charge is -2.14. The molecule has 0 aliphatic heterocycles. The summed E-state index contributed by atoms with van der Waals surface area (Å²) in [6, 6.07) is 10.2. The van der Waals surface area contributed by atoms with Gasteiger partial charge in [-0.3, -0.25) is 0 Å². The van der Waals surface area contributed by atoms with Crippen LogP contribution in [0.5, 0.6) is 0 Å². The molecule has 0 saturated heterocycles. The van der Waals surface area contributed by atoms with Crippen molar-refractivity contribution >= 4 is 9.84 Å². The van der Waals surface area contributed by atoms with E-state index in [1.165, 1.54) is 18.2 Å². The van der Waals surface area contributed by atoms with Crippen LogP contribution in [0.4, 0.5) is 4.39 Å². The van der Waals surface area contributed by atoms with Crippen LogP contribution in [0.3, 0.4) is 0 Å². The third-order valence-corrected chi connectivity index (χ3v) is 5.04. The van der Waals surface area contributed by atoms with Gasteiger partial charge >= 0.3 is 0 Å². The molecule has 112 valence electrons. The van der Waals surface area contributed by atoms with E-state index in [1.807, 2.05) is 26.0 Å². The van der Waals surface area contributed by atoms with Crippen LogP contribution < -0.4 is 0 Å². The van der Waals surface area contributed by atoms with Crippen molar-refractivity contribution in [2.75, 3.05) is 5.75 Å². The molecule has 0 heterocycles. The van der Waals surface area contributed by atoms with Crippen molar-refractivity contribution in [1.82, 2.24) is 0 Å². The molecule has 2 aromatic rings. The number of hydrogen-bond acceptors (Lipinski definition) is 3. The molecule has 1 unspecified atom stereocenters. The normalized spacial score (nSPS) is 13.1. The van der Waals surface area contributed by atoms with Crippen molar-refractivity contribution in [3.8, 4) is 0 Å². The van der Waals surface area contributed by atoms with Gasteiger partial charge in [0.15, 0.2) is 9.84 Å². The maximum atomic E-state index is 13.1. The average Bonchev–Trinajstić information content (AvgIpc) is 2.37. The van der Waals surface area contributed by atoms with Crippen molar-refractivity contribution in [1.29, 1.82) is 0 Å². The summed E-state index contributed by atoms with van der Waals surface area (Å²) in [6.07, 6.45) is -1.14. The van der Waals surface area contributed by atoms with Crippen LogP contribution in [0, 0.1) is 19.7 Å². The number of hydrogen-bond donors (Lipinski definition) is 1. The summed E-state index contributed by atoms with van der Waals surface area (Å²) in [5.74, 6) is -1.09. The number of aryl methyl sites for hydroxylation is 2. The molecule has 21 heavy (non-hydrogen) atoms. The Kier molecular flexibility index (Phi) is 4.44. The third-order valence-electron chi connectivity index (χ3n) is 3.32. The number of sulfone groups is 1. The average molecular weight is 308 g/mol. The zero-order valence-corrected chi connectivity index (χ0v) is 12.7. The third kappa shape index (κ3) is 3.68. The number of benzene rings is 2. The van der Waals surface area contributed by atoms with Gasteiger partial charge in [0.2, 0.25) is 0 Å². The highest BCUT2D eigenvalue weighted by Crippen LogP contribution is 2.23. The summed E-state index contributed by atoms with van der Waals surface area (Å²) in [4.78, 5) is -0.119. The van der Waals surface area contributed by atoms with E-state index < -0.39 is 27.5 Å². The topological polar surface area (TPSA) is 54.4 Å². The van der Waals surface area contributed by atoms with E-state index in [4.69, 9.17) is 0 Å². The van der Waals surface area contributed by atoms with Gasteiger partial charge in [0, 0.05) is 0 Å². The van der Waals surface area contributed by atoms with E-state index in [0.717, 1.165) is 17.2 Å². The monoisotopic (exact) mass is 308 g/mol. The molecule has 0 radical (unpaired) electrons. The Bertz CT molecular complexity index is 754. The predicted octanol–water partition coefficient (Wildman–Crippen LogP) is 2.95. The van der Waals surface area contributed by atoms with Gasteiger partial charge in [-0.1, -0.05) is 29.8 Å². The van der Waals surface area contributed by atoms with Crippen LogP contribution in [0.1, 0.15) is 22.8 Å². The van der Waals surface area contributed by atoms with Gasteiger partial charge in [0.1, 0.15) is 5.82 Å². The minimum atomic E-state index is -3.75. The summed E-state index contributed by atoms with van der Waals surface area (Å²) in [6.45, 7) is 3.74. The lowest BCUT2D eigenvalue weighted by atomic mass is 10.0. The second kappa shape index (κ2) is 5.95. The first-order chi connectivity index (χ1) is 9.79. The summed E-state index contributed by atoms with van der Waals surface area (Å²) in [7, 11) is -3.75. The molecule has 0 aromatic heterocycles. The van der Waals surface area contributed by atoms with Crippen molar-refractivity contribution < 1.29 is 17.9 Å². The molecule has 0 fully saturated rings. The molecular weight excluding hydrogens is 291 g/mol. The molecule has 0 amide bonds. The Labute approximate surface area is 124 Å². The molecule has 5 heteroatoms. The lowest BCUT2D eigenvalue weighted by Crippen LogP contribution is -2.15. The Morgan fingerprint density at radius 2 is 1.86 bits per heavy atom. The van der Waals surface area contributed by atoms with Crippen LogP contribution in [0.15, 0.2) is 47.4 Å². The molecule has 0 saturated carbocycles. The minimum absolute atomic E-state index is 0.119. The second-order valence-corrected chi connectivity index (χ2v) is 7.15. The van der Waals surface area contributed by atoms with Crippen molar-refractivity contribution in [2.45, 2.75) is 24.8 Å². The summed E-state index contributed by atoms with van der Waals surface area (Å²) in [5, 5.41) is 10.2. The van der Waals surface area contributed by atoms with E-state index >= 15 is 0 Å². The minimum Gasteiger partial charge on any atom is -0.387 e. The predicted molar refractivity (Wildman–Crippen MR) is 79.3 cm³/mol. The summed E-state index contributed by atoms with van der Waals surface area (Å²) in [5.41, 5.74) is 2.44. The van der Waals surface area contributed by atoms with E-state index in [0.29, 0.717) is 5.56 Å². The molecule has 3 nitrogen and oxygen atoms in total. The van der Waals surface area contributed by atoms with Crippen molar-refractivity contribution in [3.63, 3.8) is 0 Å². The van der Waals surface area contributed by atoms with Crippen LogP contribution in [-0.2, 0) is 9.84 Å². The zero-order chi connectivity index (χ0) is 15.6. The first kappa shape index (κ1) is 15.7. The maximum Gasteiger partial charge on any atom is 0.181 e. The van der Waals surface area contributed by atoms with Crippen LogP contribution >= 0.6 is 0 Å². The van der Waals surface area contributed by atoms with Gasteiger partial charge in [-0.15, -0.1) is 0 Å². The van der Waals surface area contributed by atoms with Crippen molar-refractivity contribution in [3.05, 3.63) is 65.0 Å². The SMILES string of the molecule is Cc1ccc(C(O)CS(=O)(=O)c2cccc(F)c2)c(C)c1. The van der Waals surface area contributed by atoms with E-state index in [-0.39, 0.29) is 4.90 Å². The van der Waals surface area contributed by atoms with Gasteiger partial charge < -0.3 is 5.11 Å². The second-order valence-electron chi connectivity index (χ2n) is 5.11. The summed E-state index contributed by atoms with van der Waals surface area (Å²) < 4.78 is 37.6. The molecule has 0 aliphatic carbocycles. The fraction of sp³-hybridized carbons (Fsp3) is 0.250. The van der Waals surface area contributed by atoms with Gasteiger partial charge in [-0.05, 0) is 43.2 Å². The largest absolute Gasteiger partial charge is 0.387 e. The number of rotatable bonds is 4. The molecule has 2 rings (SSSR count). The molecule has 2 aromatic carbocycles. The number of aliphatic hydroxyl groups excluding tert-OH is 1. The quantitative estimate of drug-likeness (QED) is 0.945. The van der Waals surface area contributed by atoms with Crippen LogP contribution in [0.25, 0.3) is 0 Å². The zero-order valence-electron chi connectivity index (χ0n) is 11.9. The standard InChI is InChI=1S/C16H17FO3S/c1-11-6-7-15(12(2)8-11)16(18)10-21(19,20)14-5-3-4-13(17)9-14/h3-9,16,18H,10H2,1-2H3. The Morgan fingerprint density at radius 3 is 2.48 bits per heavy atom. The fourth-order valence-electron chi connectivity index (χ4n) is 2.25. The molecule has 0 bridgehead atoms. The van der Waals surface area contributed by atoms with Gasteiger partial charge in [0.25, 0.3) is 0 Å². The molecule has 1 N–H and O–H groups in total. The smallest absolute Gasteiger partial charge is 0.181 e. The summed E-state index contributed by atoms with van der Waals surface area (Å²) >= 11 is 0. The highest BCUT2D eigenvalue weighted by Gasteiger charge is 2.22. The highest BCUT2D eigenvalue weighted by molar-refractivity contribution is 7.91. The van der Waals surface area contributed by atoms with Crippen LogP contribution in [0.2, 0.25) is 0 Å². The maximum absolute atomic E-state index is 13.1. The van der Waals surface area contributed by atoms with Gasteiger partial charge in [0.05, 0.1) is 16.8 Å². The molecular formula is C16H17FO3S. The van der Waals surface area contributed by atoms with Crippen LogP contribution in [-0.4, -0.2) is 19.3 Å². The number of aliphatic hydroxyl groups is 1. The Hall–Kier alpha value is -1.72. The first-order valence-corrected chi connectivity index (χ1v) is 8.18. The van der Waals surface area contributed by atoms with E-state index in [9.17, 15) is 17.9 Å². The fourth-order valence-corrected chi connectivity index (χ4v) is 3.62. The Morgan fingerprint density at radius 1 is 1.14 bits per heavy atom. The van der Waals surface area contributed by atoms with Gasteiger partial charge in [-0.25, -0.2) is 12.8 Å². The van der Waals surface area contributed by atoms with E-state index in [1.54, 1.807) is 6.07 Å². The molecule has 0 spiro atoms. The first-order valence-electron chi connectivity index (χ1n) is 6.53. The molecule has 0 aliphatic rings. The highest BCUT2D eigenvalue weighted by atomic mass is 32.2. The Balaban J connectivity index is 2.28. The van der Waals surface area contributed by atoms with Crippen molar-refractivity contribution in [2.24, 2.45) is 0 Å². The van der Waals surface area contributed by atoms with E-state index in [2.05, 4.69) is 0 Å². The number of halogens is 1.